The van der Waals surface area contributed by atoms with Crippen LogP contribution in [0.3, 0.4) is 0 Å². The van der Waals surface area contributed by atoms with Gasteiger partial charge in [-0.1, -0.05) is 12.1 Å². The number of nitrogens with two attached hydrogens (primary N) is 1. The van der Waals surface area contributed by atoms with Crippen LogP contribution < -0.4 is 15.4 Å². The van der Waals surface area contributed by atoms with Gasteiger partial charge in [-0.3, -0.25) is 0 Å². The number of hydrogen-bond acceptors (Lipinski definition) is 4. The Morgan fingerprint density at radius 2 is 1.95 bits per heavy atom. The highest BCUT2D eigenvalue weighted by Crippen LogP contribution is 2.36. The van der Waals surface area contributed by atoms with E-state index in [2.05, 4.69) is 6.07 Å². The summed E-state index contributed by atoms with van der Waals surface area (Å²) < 4.78 is 5.42. The lowest BCUT2D eigenvalue weighted by Crippen LogP contribution is -2.16. The second-order valence-electron chi connectivity index (χ2n) is 4.90. The summed E-state index contributed by atoms with van der Waals surface area (Å²) in [6.07, 6.45) is 0. The zero-order chi connectivity index (χ0) is 15.4. The van der Waals surface area contributed by atoms with E-state index in [0.29, 0.717) is 5.56 Å². The van der Waals surface area contributed by atoms with Crippen LogP contribution in [0.4, 0.5) is 11.4 Å². The standard InChI is InChI=1S/C17H19N3O/c1-12(19)17-15(8-5-9-16(17)21-3)20(2)14-7-4-6-13(10-14)11-18/h4-10,12H,19H2,1-3H3/t12-/m1/s1. The van der Waals surface area contributed by atoms with Crippen molar-refractivity contribution in [2.24, 2.45) is 5.73 Å². The Bertz CT molecular complexity index is 674. The minimum atomic E-state index is -0.155. The SMILES string of the molecule is COc1cccc(N(C)c2cccc(C#N)c2)c1[C@@H](C)N. The van der Waals surface area contributed by atoms with E-state index in [1.807, 2.05) is 55.3 Å². The molecule has 0 amide bonds. The van der Waals surface area contributed by atoms with Crippen molar-refractivity contribution < 1.29 is 4.74 Å². The smallest absolute Gasteiger partial charge is 0.125 e. The fourth-order valence-corrected chi connectivity index (χ4v) is 2.38. The summed E-state index contributed by atoms with van der Waals surface area (Å²) >= 11 is 0. The van der Waals surface area contributed by atoms with Crippen LogP contribution in [0.15, 0.2) is 42.5 Å². The van der Waals surface area contributed by atoms with Gasteiger partial charge in [0.25, 0.3) is 0 Å². The predicted octanol–water partition coefficient (Wildman–Crippen LogP) is 3.35. The van der Waals surface area contributed by atoms with Gasteiger partial charge in [0, 0.05) is 30.0 Å². The van der Waals surface area contributed by atoms with Crippen LogP contribution in [0.5, 0.6) is 5.75 Å². The highest BCUT2D eigenvalue weighted by atomic mass is 16.5. The second kappa shape index (κ2) is 6.29. The van der Waals surface area contributed by atoms with Gasteiger partial charge in [-0.15, -0.1) is 0 Å². The Labute approximate surface area is 125 Å². The zero-order valence-electron chi connectivity index (χ0n) is 12.5. The van der Waals surface area contributed by atoms with Crippen molar-refractivity contribution in [1.82, 2.24) is 0 Å². The third kappa shape index (κ3) is 2.99. The Balaban J connectivity index is 2.52. The molecule has 0 heterocycles. The number of benzene rings is 2. The van der Waals surface area contributed by atoms with E-state index in [0.717, 1.165) is 22.7 Å². The van der Waals surface area contributed by atoms with E-state index in [4.69, 9.17) is 15.7 Å². The molecule has 0 spiro atoms. The van der Waals surface area contributed by atoms with Gasteiger partial charge in [0.05, 0.1) is 18.7 Å². The quantitative estimate of drug-likeness (QED) is 0.933. The molecule has 0 aliphatic rings. The van der Waals surface area contributed by atoms with E-state index in [1.54, 1.807) is 13.2 Å². The number of ether oxygens (including phenoxy) is 1. The minimum absolute atomic E-state index is 0.155. The maximum Gasteiger partial charge on any atom is 0.125 e. The molecule has 0 saturated heterocycles. The fraction of sp³-hybridized carbons (Fsp3) is 0.235. The first-order valence-electron chi connectivity index (χ1n) is 6.75. The summed E-state index contributed by atoms with van der Waals surface area (Å²) in [5.41, 5.74) is 9.59. The Morgan fingerprint density at radius 3 is 2.57 bits per heavy atom. The average Bonchev–Trinajstić information content (AvgIpc) is 2.53. The van der Waals surface area contributed by atoms with Gasteiger partial charge in [0.15, 0.2) is 0 Å². The second-order valence-corrected chi connectivity index (χ2v) is 4.90. The average molecular weight is 281 g/mol. The van der Waals surface area contributed by atoms with Crippen LogP contribution in [-0.4, -0.2) is 14.2 Å². The molecule has 2 rings (SSSR count). The van der Waals surface area contributed by atoms with Crippen LogP contribution in [-0.2, 0) is 0 Å². The molecule has 2 N–H and O–H groups in total. The van der Waals surface area contributed by atoms with Crippen molar-refractivity contribution >= 4 is 11.4 Å². The van der Waals surface area contributed by atoms with Crippen LogP contribution in [0.2, 0.25) is 0 Å². The van der Waals surface area contributed by atoms with E-state index in [-0.39, 0.29) is 6.04 Å². The minimum Gasteiger partial charge on any atom is -0.496 e. The van der Waals surface area contributed by atoms with Gasteiger partial charge in [0.1, 0.15) is 5.75 Å². The van der Waals surface area contributed by atoms with Gasteiger partial charge in [-0.05, 0) is 37.3 Å². The zero-order valence-corrected chi connectivity index (χ0v) is 12.5. The van der Waals surface area contributed by atoms with Crippen molar-refractivity contribution in [3.63, 3.8) is 0 Å². The summed E-state index contributed by atoms with van der Waals surface area (Å²) in [6, 6.07) is 15.3. The predicted molar refractivity (Wildman–Crippen MR) is 84.8 cm³/mol. The molecule has 0 aromatic heterocycles. The van der Waals surface area contributed by atoms with E-state index < -0.39 is 0 Å². The molecule has 0 aliphatic heterocycles. The maximum absolute atomic E-state index is 9.03. The summed E-state index contributed by atoms with van der Waals surface area (Å²) in [5.74, 6) is 0.769. The van der Waals surface area contributed by atoms with Crippen LogP contribution in [0.1, 0.15) is 24.1 Å². The lowest BCUT2D eigenvalue weighted by atomic mass is 10.0. The number of methoxy groups -OCH3 is 1. The number of nitrogens with zero attached hydrogens (tertiary/aromatic N) is 2. The maximum atomic E-state index is 9.03. The summed E-state index contributed by atoms with van der Waals surface area (Å²) in [4.78, 5) is 2.02. The molecule has 2 aromatic carbocycles. The van der Waals surface area contributed by atoms with Gasteiger partial charge < -0.3 is 15.4 Å². The third-order valence-corrected chi connectivity index (χ3v) is 3.44. The lowest BCUT2D eigenvalue weighted by Gasteiger charge is -2.25. The van der Waals surface area contributed by atoms with Crippen molar-refractivity contribution in [3.8, 4) is 11.8 Å². The van der Waals surface area contributed by atoms with Crippen molar-refractivity contribution in [1.29, 1.82) is 5.26 Å². The van der Waals surface area contributed by atoms with Gasteiger partial charge in [0.2, 0.25) is 0 Å². The molecule has 0 fully saturated rings. The Hall–Kier alpha value is -2.51. The molecular formula is C17H19N3O. The molecule has 21 heavy (non-hydrogen) atoms. The monoisotopic (exact) mass is 281 g/mol. The highest BCUT2D eigenvalue weighted by Gasteiger charge is 2.17. The van der Waals surface area contributed by atoms with E-state index >= 15 is 0 Å². The molecule has 4 nitrogen and oxygen atoms in total. The summed E-state index contributed by atoms with van der Waals surface area (Å²) in [6.45, 7) is 1.93. The normalized spacial score (nSPS) is 11.6. The van der Waals surface area contributed by atoms with E-state index in [9.17, 15) is 0 Å². The van der Waals surface area contributed by atoms with Gasteiger partial charge in [-0.2, -0.15) is 5.26 Å². The summed E-state index contributed by atoms with van der Waals surface area (Å²) in [5, 5.41) is 9.03. The molecule has 0 bridgehead atoms. The van der Waals surface area contributed by atoms with Crippen LogP contribution in [0.25, 0.3) is 0 Å². The molecule has 108 valence electrons. The first-order chi connectivity index (χ1) is 10.1. The molecule has 1 atom stereocenters. The largest absolute Gasteiger partial charge is 0.496 e. The Kier molecular flexibility index (Phi) is 4.46. The van der Waals surface area contributed by atoms with Gasteiger partial charge >= 0.3 is 0 Å². The molecular weight excluding hydrogens is 262 g/mol. The molecule has 0 saturated carbocycles. The number of nitriles is 1. The number of anilines is 2. The van der Waals surface area contributed by atoms with Crippen molar-refractivity contribution in [3.05, 3.63) is 53.6 Å². The van der Waals surface area contributed by atoms with E-state index in [1.165, 1.54) is 0 Å². The number of hydrogen-bond donors (Lipinski definition) is 1. The topological polar surface area (TPSA) is 62.3 Å². The molecule has 0 radical (unpaired) electrons. The summed E-state index contributed by atoms with van der Waals surface area (Å²) in [7, 11) is 3.60. The van der Waals surface area contributed by atoms with Crippen molar-refractivity contribution in [2.45, 2.75) is 13.0 Å². The molecule has 2 aromatic rings. The molecule has 4 heteroatoms. The lowest BCUT2D eigenvalue weighted by molar-refractivity contribution is 0.407. The van der Waals surface area contributed by atoms with Gasteiger partial charge in [-0.25, -0.2) is 0 Å². The first kappa shape index (κ1) is 14.9. The van der Waals surface area contributed by atoms with Crippen LogP contribution >= 0.6 is 0 Å². The fourth-order valence-electron chi connectivity index (χ4n) is 2.38. The first-order valence-corrected chi connectivity index (χ1v) is 6.75. The third-order valence-electron chi connectivity index (χ3n) is 3.44. The molecule has 0 unspecified atom stereocenters. The highest BCUT2D eigenvalue weighted by molar-refractivity contribution is 5.70. The number of rotatable bonds is 4. The molecule has 0 aliphatic carbocycles. The Morgan fingerprint density at radius 1 is 1.24 bits per heavy atom. The van der Waals surface area contributed by atoms with Crippen LogP contribution in [0, 0.1) is 11.3 Å². The van der Waals surface area contributed by atoms with Crippen molar-refractivity contribution in [2.75, 3.05) is 19.1 Å².